The maximum Gasteiger partial charge on any atom is 0.303 e. The van der Waals surface area contributed by atoms with Crippen LogP contribution in [0.1, 0.15) is 77.6 Å². The van der Waals surface area contributed by atoms with Crippen molar-refractivity contribution in [3.05, 3.63) is 12.2 Å². The Hall–Kier alpha value is -0.790. The normalized spacial score (nSPS) is 11.1. The van der Waals surface area contributed by atoms with Gasteiger partial charge in [-0.15, -0.1) is 0 Å². The number of rotatable bonds is 12. The molecule has 0 spiro atoms. The molecule has 0 unspecified atom stereocenters. The summed E-state index contributed by atoms with van der Waals surface area (Å²) in [6, 6.07) is 0. The van der Waals surface area contributed by atoms with Crippen LogP contribution in [-0.2, 0) is 4.79 Å². The molecular formula is C15H28O2. The highest BCUT2D eigenvalue weighted by Gasteiger charge is 1.95. The Balaban J connectivity index is 3.03. The van der Waals surface area contributed by atoms with Gasteiger partial charge in [0.1, 0.15) is 0 Å². The quantitative estimate of drug-likeness (QED) is 0.387. The number of unbranched alkanes of at least 4 members (excludes halogenated alkanes) is 8. The van der Waals surface area contributed by atoms with Crippen LogP contribution in [0.2, 0.25) is 0 Å². The van der Waals surface area contributed by atoms with Gasteiger partial charge in [0.05, 0.1) is 0 Å². The van der Waals surface area contributed by atoms with E-state index < -0.39 is 5.97 Å². The van der Waals surface area contributed by atoms with Crippen molar-refractivity contribution in [2.24, 2.45) is 0 Å². The van der Waals surface area contributed by atoms with Crippen molar-refractivity contribution in [3.63, 3.8) is 0 Å². The summed E-state index contributed by atoms with van der Waals surface area (Å²) >= 11 is 0. The average Bonchev–Trinajstić information content (AvgIpc) is 2.30. The summed E-state index contributed by atoms with van der Waals surface area (Å²) in [5, 5.41) is 8.47. The van der Waals surface area contributed by atoms with Crippen molar-refractivity contribution < 1.29 is 9.90 Å². The van der Waals surface area contributed by atoms with Crippen LogP contribution in [-0.4, -0.2) is 11.1 Å². The number of hydrogen-bond donors (Lipinski definition) is 1. The predicted octanol–water partition coefficient (Wildman–Crippen LogP) is 4.94. The van der Waals surface area contributed by atoms with Crippen molar-refractivity contribution in [1.82, 2.24) is 0 Å². The van der Waals surface area contributed by atoms with E-state index in [9.17, 15) is 4.79 Å². The molecule has 1 N–H and O–H groups in total. The van der Waals surface area contributed by atoms with Gasteiger partial charge >= 0.3 is 5.97 Å². The molecule has 0 fully saturated rings. The van der Waals surface area contributed by atoms with Gasteiger partial charge in [0.2, 0.25) is 0 Å². The van der Waals surface area contributed by atoms with Crippen LogP contribution in [0.15, 0.2) is 12.2 Å². The number of allylic oxidation sites excluding steroid dienone is 2. The molecule has 0 heterocycles. The third-order valence-corrected chi connectivity index (χ3v) is 2.90. The smallest absolute Gasteiger partial charge is 0.303 e. The average molecular weight is 240 g/mol. The summed E-state index contributed by atoms with van der Waals surface area (Å²) < 4.78 is 0. The Bertz CT molecular complexity index is 197. The van der Waals surface area contributed by atoms with Crippen LogP contribution in [0.4, 0.5) is 0 Å². The van der Waals surface area contributed by atoms with E-state index in [1.165, 1.54) is 51.4 Å². The van der Waals surface area contributed by atoms with Crippen LogP contribution in [0.5, 0.6) is 0 Å². The van der Waals surface area contributed by atoms with Gasteiger partial charge in [-0.3, -0.25) is 4.79 Å². The van der Waals surface area contributed by atoms with E-state index in [2.05, 4.69) is 19.1 Å². The highest BCUT2D eigenvalue weighted by Crippen LogP contribution is 2.09. The van der Waals surface area contributed by atoms with Crippen molar-refractivity contribution in [1.29, 1.82) is 0 Å². The molecule has 0 aromatic heterocycles. The maximum absolute atomic E-state index is 10.3. The van der Waals surface area contributed by atoms with Crippen molar-refractivity contribution in [3.8, 4) is 0 Å². The summed E-state index contributed by atoms with van der Waals surface area (Å²) in [6.45, 7) is 2.22. The second-order valence-electron chi connectivity index (χ2n) is 4.67. The molecule has 0 atom stereocenters. The van der Waals surface area contributed by atoms with E-state index >= 15 is 0 Å². The van der Waals surface area contributed by atoms with Gasteiger partial charge in [-0.2, -0.15) is 0 Å². The number of carboxylic acids is 1. The first-order chi connectivity index (χ1) is 8.27. The second kappa shape index (κ2) is 13.3. The Morgan fingerprint density at radius 1 is 0.882 bits per heavy atom. The zero-order valence-electron chi connectivity index (χ0n) is 11.3. The van der Waals surface area contributed by atoms with Crippen molar-refractivity contribution >= 4 is 5.97 Å². The molecule has 0 aliphatic rings. The van der Waals surface area contributed by atoms with Gasteiger partial charge in [0.15, 0.2) is 0 Å². The largest absolute Gasteiger partial charge is 0.481 e. The number of hydrogen-bond acceptors (Lipinski definition) is 1. The summed E-state index contributed by atoms with van der Waals surface area (Å²) in [6.07, 6.45) is 16.9. The molecule has 0 amide bonds. The summed E-state index contributed by atoms with van der Waals surface area (Å²) in [7, 11) is 0. The minimum absolute atomic E-state index is 0.333. The lowest BCUT2D eigenvalue weighted by atomic mass is 10.1. The van der Waals surface area contributed by atoms with E-state index in [1.807, 2.05) is 0 Å². The zero-order chi connectivity index (χ0) is 12.8. The third-order valence-electron chi connectivity index (χ3n) is 2.90. The molecule has 0 aliphatic heterocycles. The molecular weight excluding hydrogens is 212 g/mol. The minimum Gasteiger partial charge on any atom is -0.481 e. The lowest BCUT2D eigenvalue weighted by Gasteiger charge is -1.99. The Labute approximate surface area is 106 Å². The molecule has 0 aliphatic carbocycles. The standard InChI is InChI=1S/C15H28O2/c1-2-3-4-5-6-7-8-9-10-11-12-13-14-15(16)17/h5-6H,2-4,7-14H2,1H3,(H,16,17)/b6-5-. The Kier molecular flexibility index (Phi) is 12.7. The fourth-order valence-corrected chi connectivity index (χ4v) is 1.80. The Morgan fingerprint density at radius 2 is 1.41 bits per heavy atom. The monoisotopic (exact) mass is 240 g/mol. The van der Waals surface area contributed by atoms with Crippen molar-refractivity contribution in [2.75, 3.05) is 0 Å². The minimum atomic E-state index is -0.665. The van der Waals surface area contributed by atoms with Gasteiger partial charge in [0, 0.05) is 6.42 Å². The lowest BCUT2D eigenvalue weighted by Crippen LogP contribution is -1.93. The van der Waals surface area contributed by atoms with Gasteiger partial charge in [0.25, 0.3) is 0 Å². The van der Waals surface area contributed by atoms with E-state index in [4.69, 9.17) is 5.11 Å². The molecule has 2 nitrogen and oxygen atoms in total. The van der Waals surface area contributed by atoms with Crippen LogP contribution in [0.3, 0.4) is 0 Å². The van der Waals surface area contributed by atoms with Crippen LogP contribution in [0.25, 0.3) is 0 Å². The first kappa shape index (κ1) is 16.2. The van der Waals surface area contributed by atoms with E-state index in [-0.39, 0.29) is 0 Å². The fraction of sp³-hybridized carbons (Fsp3) is 0.800. The van der Waals surface area contributed by atoms with Crippen molar-refractivity contribution in [2.45, 2.75) is 77.6 Å². The molecule has 100 valence electrons. The molecule has 0 rings (SSSR count). The number of carboxylic acid groups (broad SMARTS) is 1. The van der Waals surface area contributed by atoms with Gasteiger partial charge in [-0.05, 0) is 25.7 Å². The predicted molar refractivity (Wildman–Crippen MR) is 73.2 cm³/mol. The van der Waals surface area contributed by atoms with Gasteiger partial charge in [-0.25, -0.2) is 0 Å². The number of aliphatic carboxylic acids is 1. The van der Waals surface area contributed by atoms with Crippen LogP contribution < -0.4 is 0 Å². The lowest BCUT2D eigenvalue weighted by molar-refractivity contribution is -0.137. The summed E-state index contributed by atoms with van der Waals surface area (Å²) in [5.74, 6) is -0.665. The molecule has 17 heavy (non-hydrogen) atoms. The van der Waals surface area contributed by atoms with Crippen LogP contribution in [0, 0.1) is 0 Å². The van der Waals surface area contributed by atoms with E-state index in [1.54, 1.807) is 0 Å². The maximum atomic E-state index is 10.3. The molecule has 0 bridgehead atoms. The zero-order valence-corrected chi connectivity index (χ0v) is 11.3. The third kappa shape index (κ3) is 15.2. The SMILES string of the molecule is CCCC/C=C\CCCCCCCCC(=O)O. The fourth-order valence-electron chi connectivity index (χ4n) is 1.80. The molecule has 2 heteroatoms. The number of carbonyl (C=O) groups is 1. The summed E-state index contributed by atoms with van der Waals surface area (Å²) in [5.41, 5.74) is 0. The van der Waals surface area contributed by atoms with Gasteiger partial charge < -0.3 is 5.11 Å². The highest BCUT2D eigenvalue weighted by molar-refractivity contribution is 5.66. The van der Waals surface area contributed by atoms with E-state index in [0.29, 0.717) is 6.42 Å². The molecule has 0 saturated heterocycles. The molecule has 0 radical (unpaired) electrons. The molecule has 0 aromatic rings. The summed E-state index contributed by atoms with van der Waals surface area (Å²) in [4.78, 5) is 10.3. The van der Waals surface area contributed by atoms with Gasteiger partial charge in [-0.1, -0.05) is 57.6 Å². The topological polar surface area (TPSA) is 37.3 Å². The van der Waals surface area contributed by atoms with Crippen LogP contribution >= 0.6 is 0 Å². The first-order valence-electron chi connectivity index (χ1n) is 7.14. The highest BCUT2D eigenvalue weighted by atomic mass is 16.4. The second-order valence-corrected chi connectivity index (χ2v) is 4.67. The molecule has 0 aromatic carbocycles. The molecule has 0 saturated carbocycles. The Morgan fingerprint density at radius 3 is 2.00 bits per heavy atom. The first-order valence-corrected chi connectivity index (χ1v) is 7.14. The van der Waals surface area contributed by atoms with E-state index in [0.717, 1.165) is 12.8 Å².